The van der Waals surface area contributed by atoms with Crippen LogP contribution in [0.15, 0.2) is 0 Å². The summed E-state index contributed by atoms with van der Waals surface area (Å²) in [5.41, 5.74) is 0. The first-order chi connectivity index (χ1) is 9.16. The normalized spacial score (nSPS) is 25.5. The van der Waals surface area contributed by atoms with Crippen LogP contribution in [0.2, 0.25) is 0 Å². The molecule has 1 saturated carbocycles. The van der Waals surface area contributed by atoms with Gasteiger partial charge in [0.25, 0.3) is 0 Å². The van der Waals surface area contributed by atoms with E-state index < -0.39 is 0 Å². The Bertz CT molecular complexity index is 288. The van der Waals surface area contributed by atoms with Gasteiger partial charge in [-0.2, -0.15) is 0 Å². The SMILES string of the molecule is CC(C)CC1NCC(=O)N1CCOC1CCCCC1. The summed E-state index contributed by atoms with van der Waals surface area (Å²) in [5.74, 6) is 0.822. The van der Waals surface area contributed by atoms with Crippen molar-refractivity contribution in [2.75, 3.05) is 19.7 Å². The van der Waals surface area contributed by atoms with Crippen molar-refractivity contribution in [1.82, 2.24) is 10.2 Å². The van der Waals surface area contributed by atoms with Crippen molar-refractivity contribution in [1.29, 1.82) is 0 Å². The van der Waals surface area contributed by atoms with Gasteiger partial charge >= 0.3 is 0 Å². The van der Waals surface area contributed by atoms with Crippen molar-refractivity contribution < 1.29 is 9.53 Å². The van der Waals surface area contributed by atoms with E-state index in [-0.39, 0.29) is 12.1 Å². The van der Waals surface area contributed by atoms with Crippen molar-refractivity contribution in [3.63, 3.8) is 0 Å². The van der Waals surface area contributed by atoms with Gasteiger partial charge in [-0.15, -0.1) is 0 Å². The first kappa shape index (κ1) is 14.8. The van der Waals surface area contributed by atoms with Gasteiger partial charge in [-0.1, -0.05) is 33.1 Å². The molecule has 1 unspecified atom stereocenters. The number of nitrogens with zero attached hydrogens (tertiary/aromatic N) is 1. The summed E-state index contributed by atoms with van der Waals surface area (Å²) >= 11 is 0. The lowest BCUT2D eigenvalue weighted by atomic mass is 9.98. The third-order valence-corrected chi connectivity index (χ3v) is 4.12. The topological polar surface area (TPSA) is 41.6 Å². The fourth-order valence-electron chi connectivity index (χ4n) is 3.08. The molecule has 2 fully saturated rings. The molecular weight excluding hydrogens is 240 g/mol. The summed E-state index contributed by atoms with van der Waals surface area (Å²) < 4.78 is 5.92. The molecule has 0 aromatic heterocycles. The molecule has 1 heterocycles. The maximum Gasteiger partial charge on any atom is 0.237 e. The maximum absolute atomic E-state index is 11.9. The summed E-state index contributed by atoms with van der Waals surface area (Å²) in [5, 5.41) is 3.30. The van der Waals surface area contributed by atoms with E-state index in [1.165, 1.54) is 32.1 Å². The summed E-state index contributed by atoms with van der Waals surface area (Å²) in [6.45, 7) is 6.30. The lowest BCUT2D eigenvalue weighted by Crippen LogP contribution is -2.40. The average Bonchev–Trinajstić information content (AvgIpc) is 2.72. The largest absolute Gasteiger partial charge is 0.376 e. The molecule has 1 aliphatic carbocycles. The summed E-state index contributed by atoms with van der Waals surface area (Å²) in [7, 11) is 0. The zero-order valence-corrected chi connectivity index (χ0v) is 12.4. The van der Waals surface area contributed by atoms with E-state index in [0.717, 1.165) is 13.0 Å². The molecule has 0 spiro atoms. The highest BCUT2D eigenvalue weighted by Crippen LogP contribution is 2.20. The number of carbonyl (C=O) groups is 1. The first-order valence-electron chi connectivity index (χ1n) is 7.81. The lowest BCUT2D eigenvalue weighted by Gasteiger charge is -2.27. The molecule has 0 aromatic carbocycles. The van der Waals surface area contributed by atoms with Crippen molar-refractivity contribution in [2.45, 2.75) is 64.6 Å². The Kier molecular flexibility index (Phi) is 5.64. The highest BCUT2D eigenvalue weighted by molar-refractivity contribution is 5.80. The Morgan fingerprint density at radius 3 is 2.74 bits per heavy atom. The molecule has 1 atom stereocenters. The van der Waals surface area contributed by atoms with E-state index in [1.54, 1.807) is 0 Å². The van der Waals surface area contributed by atoms with Crippen molar-refractivity contribution in [3.8, 4) is 0 Å². The van der Waals surface area contributed by atoms with Crippen molar-refractivity contribution in [2.24, 2.45) is 5.92 Å². The monoisotopic (exact) mass is 268 g/mol. The second kappa shape index (κ2) is 7.25. The molecule has 0 radical (unpaired) electrons. The van der Waals surface area contributed by atoms with Crippen LogP contribution in [0.25, 0.3) is 0 Å². The van der Waals surface area contributed by atoms with Crippen LogP contribution >= 0.6 is 0 Å². The summed E-state index contributed by atoms with van der Waals surface area (Å²) in [6.07, 6.45) is 8.00. The molecule has 1 N–H and O–H groups in total. The number of ether oxygens (including phenoxy) is 1. The van der Waals surface area contributed by atoms with Gasteiger partial charge in [0.1, 0.15) is 0 Å². The smallest absolute Gasteiger partial charge is 0.237 e. The standard InChI is InChI=1S/C15H28N2O2/c1-12(2)10-14-16-11-15(18)17(14)8-9-19-13-6-4-3-5-7-13/h12-14,16H,3-11H2,1-2H3. The predicted octanol–water partition coefficient (Wildman–Crippen LogP) is 2.14. The molecule has 0 aromatic rings. The Labute approximate surface area is 116 Å². The highest BCUT2D eigenvalue weighted by atomic mass is 16.5. The van der Waals surface area contributed by atoms with Gasteiger partial charge in [0.15, 0.2) is 0 Å². The van der Waals surface area contributed by atoms with Crippen LogP contribution in [0, 0.1) is 5.92 Å². The fraction of sp³-hybridized carbons (Fsp3) is 0.933. The fourth-order valence-corrected chi connectivity index (χ4v) is 3.08. The van der Waals surface area contributed by atoms with Crippen molar-refractivity contribution >= 4 is 5.91 Å². The maximum atomic E-state index is 11.9. The zero-order valence-electron chi connectivity index (χ0n) is 12.4. The summed E-state index contributed by atoms with van der Waals surface area (Å²) in [4.78, 5) is 13.8. The van der Waals surface area contributed by atoms with Crippen LogP contribution in [0.5, 0.6) is 0 Å². The number of hydrogen-bond donors (Lipinski definition) is 1. The van der Waals surface area contributed by atoms with Crippen LogP contribution in [0.4, 0.5) is 0 Å². The Morgan fingerprint density at radius 2 is 2.05 bits per heavy atom. The van der Waals surface area contributed by atoms with Gasteiger partial charge in [0.2, 0.25) is 5.91 Å². The van der Waals surface area contributed by atoms with Crippen LogP contribution in [0.1, 0.15) is 52.4 Å². The molecule has 19 heavy (non-hydrogen) atoms. The molecule has 4 heteroatoms. The molecule has 1 saturated heterocycles. The Balaban J connectivity index is 1.71. The van der Waals surface area contributed by atoms with E-state index in [2.05, 4.69) is 19.2 Å². The zero-order chi connectivity index (χ0) is 13.7. The van der Waals surface area contributed by atoms with Gasteiger partial charge in [-0.3, -0.25) is 10.1 Å². The number of amides is 1. The third kappa shape index (κ3) is 4.46. The summed E-state index contributed by atoms with van der Waals surface area (Å²) in [6, 6.07) is 0. The number of carbonyl (C=O) groups excluding carboxylic acids is 1. The molecule has 1 aliphatic heterocycles. The minimum absolute atomic E-state index is 0.211. The number of rotatable bonds is 6. The average molecular weight is 268 g/mol. The first-order valence-corrected chi connectivity index (χ1v) is 7.81. The van der Waals surface area contributed by atoms with Crippen LogP contribution in [0.3, 0.4) is 0 Å². The van der Waals surface area contributed by atoms with Crippen LogP contribution in [-0.2, 0) is 9.53 Å². The molecule has 2 rings (SSSR count). The van der Waals surface area contributed by atoms with Gasteiger partial charge in [-0.05, 0) is 25.2 Å². The Hall–Kier alpha value is -0.610. The molecule has 2 aliphatic rings. The third-order valence-electron chi connectivity index (χ3n) is 4.12. The van der Waals surface area contributed by atoms with E-state index in [0.29, 0.717) is 25.2 Å². The molecule has 0 bridgehead atoms. The second-order valence-electron chi connectivity index (χ2n) is 6.24. The van der Waals surface area contributed by atoms with Gasteiger partial charge in [0.05, 0.1) is 25.4 Å². The van der Waals surface area contributed by atoms with Crippen LogP contribution < -0.4 is 5.32 Å². The van der Waals surface area contributed by atoms with E-state index in [1.807, 2.05) is 4.90 Å². The van der Waals surface area contributed by atoms with Gasteiger partial charge in [-0.25, -0.2) is 0 Å². The van der Waals surface area contributed by atoms with Crippen LogP contribution in [-0.4, -0.2) is 42.8 Å². The van der Waals surface area contributed by atoms with E-state index in [9.17, 15) is 4.79 Å². The Morgan fingerprint density at radius 1 is 1.32 bits per heavy atom. The van der Waals surface area contributed by atoms with Crippen molar-refractivity contribution in [3.05, 3.63) is 0 Å². The second-order valence-corrected chi connectivity index (χ2v) is 6.24. The molecule has 1 amide bonds. The van der Waals surface area contributed by atoms with E-state index in [4.69, 9.17) is 4.74 Å². The lowest BCUT2D eigenvalue weighted by molar-refractivity contribution is -0.129. The van der Waals surface area contributed by atoms with Gasteiger partial charge in [0, 0.05) is 6.54 Å². The quantitative estimate of drug-likeness (QED) is 0.802. The molecule has 110 valence electrons. The predicted molar refractivity (Wildman–Crippen MR) is 75.8 cm³/mol. The highest BCUT2D eigenvalue weighted by Gasteiger charge is 2.30. The number of nitrogens with one attached hydrogen (secondary N) is 1. The van der Waals surface area contributed by atoms with E-state index >= 15 is 0 Å². The minimum atomic E-state index is 0.211. The minimum Gasteiger partial charge on any atom is -0.376 e. The molecular formula is C15H28N2O2. The number of hydrogen-bond acceptors (Lipinski definition) is 3. The van der Waals surface area contributed by atoms with Gasteiger partial charge < -0.3 is 9.64 Å². The molecule has 4 nitrogen and oxygen atoms in total.